The molecule has 0 unspecified atom stereocenters. The molecule has 0 aromatic heterocycles. The van der Waals surface area contributed by atoms with E-state index < -0.39 is 0 Å². The minimum atomic E-state index is -0.169. The van der Waals surface area contributed by atoms with Gasteiger partial charge < -0.3 is 10.6 Å². The van der Waals surface area contributed by atoms with Crippen LogP contribution in [0.1, 0.15) is 10.4 Å². The molecule has 5 heteroatoms. The third kappa shape index (κ3) is 2.68. The molecule has 17 heavy (non-hydrogen) atoms. The van der Waals surface area contributed by atoms with Gasteiger partial charge >= 0.3 is 0 Å². The molecule has 0 aliphatic carbocycles. The molecule has 1 aliphatic rings. The van der Waals surface area contributed by atoms with E-state index in [1.165, 1.54) is 11.8 Å². The third-order valence-corrected chi connectivity index (χ3v) is 3.36. The summed E-state index contributed by atoms with van der Waals surface area (Å²) >= 11 is 1.48. The molecule has 0 bridgehead atoms. The second-order valence-corrected chi connectivity index (χ2v) is 4.56. The maximum atomic E-state index is 11.7. The van der Waals surface area contributed by atoms with Crippen molar-refractivity contribution in [3.8, 4) is 0 Å². The number of hydrogen-bond donors (Lipinski definition) is 2. The lowest BCUT2D eigenvalue weighted by Crippen LogP contribution is -2.24. The molecule has 1 aromatic rings. The summed E-state index contributed by atoms with van der Waals surface area (Å²) in [5.74, 6) is 0.221. The minimum absolute atomic E-state index is 0.0360. The van der Waals surface area contributed by atoms with Gasteiger partial charge in [0.25, 0.3) is 5.91 Å². The standard InChI is InChI=1S/C12H12N2O2S/c1-2-5-13-12(16)8-3-4-10-9(6-8)14-11(15)7-17-10/h2-4,6H,1,5,7H2,(H,13,16)(H,14,15). The van der Waals surface area contributed by atoms with Gasteiger partial charge in [0.1, 0.15) is 0 Å². The number of rotatable bonds is 3. The summed E-state index contributed by atoms with van der Waals surface area (Å²) in [6.45, 7) is 3.96. The van der Waals surface area contributed by atoms with Crippen molar-refractivity contribution >= 4 is 29.3 Å². The zero-order chi connectivity index (χ0) is 12.3. The molecule has 1 aromatic carbocycles. The van der Waals surface area contributed by atoms with Crippen LogP contribution in [0.4, 0.5) is 5.69 Å². The van der Waals surface area contributed by atoms with Crippen molar-refractivity contribution in [1.82, 2.24) is 5.32 Å². The van der Waals surface area contributed by atoms with Gasteiger partial charge in [-0.15, -0.1) is 18.3 Å². The number of carbonyl (C=O) groups excluding carboxylic acids is 2. The Kier molecular flexibility index (Phi) is 3.49. The Morgan fingerprint density at radius 1 is 1.59 bits per heavy atom. The van der Waals surface area contributed by atoms with Crippen molar-refractivity contribution in [2.45, 2.75) is 4.90 Å². The molecule has 2 rings (SSSR count). The Bertz CT molecular complexity index is 485. The molecular weight excluding hydrogens is 236 g/mol. The van der Waals surface area contributed by atoms with Crippen LogP contribution >= 0.6 is 11.8 Å². The van der Waals surface area contributed by atoms with Gasteiger partial charge in [-0.1, -0.05) is 6.08 Å². The summed E-state index contributed by atoms with van der Waals surface area (Å²) < 4.78 is 0. The second-order valence-electron chi connectivity index (χ2n) is 3.55. The summed E-state index contributed by atoms with van der Waals surface area (Å²) in [4.78, 5) is 23.9. The number of fused-ring (bicyclic) bond motifs is 1. The van der Waals surface area contributed by atoms with Gasteiger partial charge in [-0.25, -0.2) is 0 Å². The normalized spacial score (nSPS) is 13.5. The van der Waals surface area contributed by atoms with E-state index >= 15 is 0 Å². The highest BCUT2D eigenvalue weighted by Gasteiger charge is 2.16. The number of nitrogens with one attached hydrogen (secondary N) is 2. The molecule has 0 saturated heterocycles. The van der Waals surface area contributed by atoms with Crippen LogP contribution in [-0.2, 0) is 4.79 Å². The molecule has 1 heterocycles. The molecule has 88 valence electrons. The Balaban J connectivity index is 2.20. The van der Waals surface area contributed by atoms with Crippen molar-refractivity contribution in [3.63, 3.8) is 0 Å². The first-order valence-electron chi connectivity index (χ1n) is 5.16. The predicted molar refractivity (Wildman–Crippen MR) is 68.3 cm³/mol. The van der Waals surface area contributed by atoms with Crippen LogP contribution in [0.25, 0.3) is 0 Å². The van der Waals surface area contributed by atoms with Gasteiger partial charge in [0.05, 0.1) is 11.4 Å². The Hall–Kier alpha value is -1.75. The molecule has 1 aliphatic heterocycles. The summed E-state index contributed by atoms with van der Waals surface area (Å²) in [6, 6.07) is 5.29. The number of hydrogen-bond acceptors (Lipinski definition) is 3. The van der Waals surface area contributed by atoms with E-state index in [1.807, 2.05) is 6.07 Å². The molecule has 2 amide bonds. The monoisotopic (exact) mass is 248 g/mol. The fourth-order valence-corrected chi connectivity index (χ4v) is 2.28. The van der Waals surface area contributed by atoms with Crippen LogP contribution in [0.15, 0.2) is 35.7 Å². The molecule has 0 spiro atoms. The van der Waals surface area contributed by atoms with Crippen molar-refractivity contribution in [2.24, 2.45) is 0 Å². The SMILES string of the molecule is C=CCNC(=O)c1ccc2c(c1)NC(=O)CS2. The van der Waals surface area contributed by atoms with E-state index in [0.717, 1.165) is 4.90 Å². The lowest BCUT2D eigenvalue weighted by atomic mass is 10.2. The maximum absolute atomic E-state index is 11.7. The summed E-state index contributed by atoms with van der Waals surface area (Å²) in [5, 5.41) is 5.44. The van der Waals surface area contributed by atoms with Gasteiger partial charge in [0.2, 0.25) is 5.91 Å². The highest BCUT2D eigenvalue weighted by Crippen LogP contribution is 2.31. The largest absolute Gasteiger partial charge is 0.349 e. The van der Waals surface area contributed by atoms with Crippen molar-refractivity contribution in [3.05, 3.63) is 36.4 Å². The molecular formula is C12H12N2O2S. The van der Waals surface area contributed by atoms with Crippen LogP contribution in [0, 0.1) is 0 Å². The van der Waals surface area contributed by atoms with Crippen LogP contribution in [0.2, 0.25) is 0 Å². The van der Waals surface area contributed by atoms with Crippen molar-refractivity contribution in [1.29, 1.82) is 0 Å². The quantitative estimate of drug-likeness (QED) is 0.800. The lowest BCUT2D eigenvalue weighted by molar-refractivity contribution is -0.113. The molecule has 0 saturated carbocycles. The van der Waals surface area contributed by atoms with E-state index in [9.17, 15) is 9.59 Å². The van der Waals surface area contributed by atoms with Gasteiger partial charge in [-0.2, -0.15) is 0 Å². The van der Waals surface area contributed by atoms with Gasteiger partial charge in [-0.3, -0.25) is 9.59 Å². The minimum Gasteiger partial charge on any atom is -0.349 e. The summed E-state index contributed by atoms with van der Waals surface area (Å²) in [5.41, 5.74) is 1.24. The van der Waals surface area contributed by atoms with E-state index in [1.54, 1.807) is 18.2 Å². The average molecular weight is 248 g/mol. The van der Waals surface area contributed by atoms with E-state index in [-0.39, 0.29) is 11.8 Å². The van der Waals surface area contributed by atoms with Crippen molar-refractivity contribution in [2.75, 3.05) is 17.6 Å². The first-order valence-corrected chi connectivity index (χ1v) is 6.15. The van der Waals surface area contributed by atoms with Gasteiger partial charge in [0, 0.05) is 17.0 Å². The van der Waals surface area contributed by atoms with Crippen LogP contribution in [-0.4, -0.2) is 24.1 Å². The third-order valence-electron chi connectivity index (χ3n) is 2.28. The zero-order valence-corrected chi connectivity index (χ0v) is 9.97. The highest BCUT2D eigenvalue weighted by molar-refractivity contribution is 8.00. The number of carbonyl (C=O) groups is 2. The molecule has 0 atom stereocenters. The fraction of sp³-hybridized carbons (Fsp3) is 0.167. The fourth-order valence-electron chi connectivity index (χ4n) is 1.49. The number of amides is 2. The summed E-state index contributed by atoms with van der Waals surface area (Å²) in [6.07, 6.45) is 1.62. The summed E-state index contributed by atoms with van der Waals surface area (Å²) in [7, 11) is 0. The average Bonchev–Trinajstić information content (AvgIpc) is 2.35. The van der Waals surface area contributed by atoms with Crippen molar-refractivity contribution < 1.29 is 9.59 Å². The molecule has 0 radical (unpaired) electrons. The van der Waals surface area contributed by atoms with E-state index in [2.05, 4.69) is 17.2 Å². The van der Waals surface area contributed by atoms with E-state index in [0.29, 0.717) is 23.5 Å². The Morgan fingerprint density at radius 3 is 3.18 bits per heavy atom. The van der Waals surface area contributed by atoms with Gasteiger partial charge in [-0.05, 0) is 18.2 Å². The Labute approximate surface area is 103 Å². The number of anilines is 1. The highest BCUT2D eigenvalue weighted by atomic mass is 32.2. The van der Waals surface area contributed by atoms with Gasteiger partial charge in [0.15, 0.2) is 0 Å². The first-order chi connectivity index (χ1) is 8.20. The second kappa shape index (κ2) is 5.05. The smallest absolute Gasteiger partial charge is 0.251 e. The maximum Gasteiger partial charge on any atom is 0.251 e. The topological polar surface area (TPSA) is 58.2 Å². The number of thioether (sulfide) groups is 1. The molecule has 4 nitrogen and oxygen atoms in total. The van der Waals surface area contributed by atoms with Crippen LogP contribution < -0.4 is 10.6 Å². The lowest BCUT2D eigenvalue weighted by Gasteiger charge is -2.16. The molecule has 2 N–H and O–H groups in total. The first kappa shape index (κ1) is 11.7. The molecule has 0 fully saturated rings. The van der Waals surface area contributed by atoms with E-state index in [4.69, 9.17) is 0 Å². The number of benzene rings is 1. The Morgan fingerprint density at radius 2 is 2.41 bits per heavy atom. The van der Waals surface area contributed by atoms with Crippen LogP contribution in [0.5, 0.6) is 0 Å². The van der Waals surface area contributed by atoms with Crippen LogP contribution in [0.3, 0.4) is 0 Å². The zero-order valence-electron chi connectivity index (χ0n) is 9.16. The predicted octanol–water partition coefficient (Wildman–Crippen LogP) is 1.65.